The fraction of sp³-hybridized carbons (Fsp3) is 1.00. The summed E-state index contributed by atoms with van der Waals surface area (Å²) in [7, 11) is 0. The average molecular weight is 214 g/mol. The van der Waals surface area contributed by atoms with Gasteiger partial charge in [-0.1, -0.05) is 6.92 Å². The van der Waals surface area contributed by atoms with Gasteiger partial charge in [-0.2, -0.15) is 0 Å². The monoisotopic (exact) mass is 214 g/mol. The summed E-state index contributed by atoms with van der Waals surface area (Å²) in [5.41, 5.74) is 5.42. The van der Waals surface area contributed by atoms with Gasteiger partial charge < -0.3 is 16.0 Å². The lowest BCUT2D eigenvalue weighted by Crippen LogP contribution is -2.48. The van der Waals surface area contributed by atoms with Gasteiger partial charge in [-0.05, 0) is 13.0 Å². The van der Waals surface area contributed by atoms with Crippen molar-refractivity contribution in [2.75, 3.05) is 58.9 Å². The van der Waals surface area contributed by atoms with Gasteiger partial charge in [-0.25, -0.2) is 0 Å². The molecule has 0 radical (unpaired) electrons. The first-order valence-corrected chi connectivity index (χ1v) is 6.22. The van der Waals surface area contributed by atoms with E-state index in [0.717, 1.165) is 19.6 Å². The third-order valence-corrected chi connectivity index (χ3v) is 2.93. The van der Waals surface area contributed by atoms with E-state index < -0.39 is 0 Å². The van der Waals surface area contributed by atoms with Crippen LogP contribution in [0, 0.1) is 0 Å². The van der Waals surface area contributed by atoms with Crippen LogP contribution in [0.2, 0.25) is 0 Å². The topological polar surface area (TPSA) is 44.5 Å². The summed E-state index contributed by atoms with van der Waals surface area (Å²) >= 11 is 0. The zero-order valence-corrected chi connectivity index (χ0v) is 10.0. The van der Waals surface area contributed by atoms with Gasteiger partial charge in [-0.3, -0.25) is 4.90 Å². The Bertz CT molecular complexity index is 141. The van der Waals surface area contributed by atoms with Gasteiger partial charge in [0.2, 0.25) is 0 Å². The number of hydrogen-bond acceptors (Lipinski definition) is 4. The van der Waals surface area contributed by atoms with Crippen molar-refractivity contribution < 1.29 is 0 Å². The average Bonchev–Trinajstić information content (AvgIpc) is 2.27. The van der Waals surface area contributed by atoms with Crippen LogP contribution in [0.4, 0.5) is 0 Å². The molecule has 0 aromatic heterocycles. The Kier molecular flexibility index (Phi) is 6.92. The number of hydrogen-bond donors (Lipinski definition) is 2. The summed E-state index contributed by atoms with van der Waals surface area (Å²) < 4.78 is 0. The van der Waals surface area contributed by atoms with E-state index in [4.69, 9.17) is 5.73 Å². The molecule has 0 atom stereocenters. The van der Waals surface area contributed by atoms with Crippen molar-refractivity contribution in [3.05, 3.63) is 0 Å². The molecule has 1 rings (SSSR count). The Balaban J connectivity index is 1.99. The van der Waals surface area contributed by atoms with Gasteiger partial charge in [0, 0.05) is 52.4 Å². The first kappa shape index (κ1) is 12.9. The van der Waals surface area contributed by atoms with E-state index in [1.54, 1.807) is 0 Å². The van der Waals surface area contributed by atoms with Crippen molar-refractivity contribution in [1.29, 1.82) is 0 Å². The van der Waals surface area contributed by atoms with Crippen LogP contribution in [0.5, 0.6) is 0 Å². The van der Waals surface area contributed by atoms with Gasteiger partial charge in [0.25, 0.3) is 0 Å². The van der Waals surface area contributed by atoms with E-state index in [9.17, 15) is 0 Å². The van der Waals surface area contributed by atoms with Gasteiger partial charge in [-0.15, -0.1) is 0 Å². The van der Waals surface area contributed by atoms with Gasteiger partial charge in [0.1, 0.15) is 0 Å². The number of piperazine rings is 1. The number of nitrogens with one attached hydrogen (secondary N) is 1. The van der Waals surface area contributed by atoms with E-state index in [2.05, 4.69) is 22.0 Å². The second-order valence-corrected chi connectivity index (χ2v) is 4.22. The first-order chi connectivity index (χ1) is 7.36. The minimum atomic E-state index is 0.740. The maximum atomic E-state index is 5.42. The van der Waals surface area contributed by atoms with Crippen LogP contribution in [0.25, 0.3) is 0 Å². The molecule has 0 bridgehead atoms. The predicted molar refractivity (Wildman–Crippen MR) is 65.1 cm³/mol. The van der Waals surface area contributed by atoms with E-state index in [0.29, 0.717) is 0 Å². The quantitative estimate of drug-likeness (QED) is 0.564. The van der Waals surface area contributed by atoms with Gasteiger partial charge in [0.15, 0.2) is 0 Å². The molecule has 0 aliphatic carbocycles. The van der Waals surface area contributed by atoms with Crippen molar-refractivity contribution in [3.8, 4) is 0 Å². The first-order valence-electron chi connectivity index (χ1n) is 6.22. The van der Waals surface area contributed by atoms with Crippen molar-refractivity contribution in [2.45, 2.75) is 13.3 Å². The Morgan fingerprint density at radius 1 is 1.00 bits per heavy atom. The maximum absolute atomic E-state index is 5.42. The lowest BCUT2D eigenvalue weighted by atomic mass is 10.3. The molecule has 0 unspecified atom stereocenters. The van der Waals surface area contributed by atoms with Crippen LogP contribution in [0.1, 0.15) is 13.3 Å². The summed E-state index contributed by atoms with van der Waals surface area (Å²) in [4.78, 5) is 5.10. The Hall–Kier alpha value is -0.160. The van der Waals surface area contributed by atoms with Crippen LogP contribution in [-0.4, -0.2) is 68.7 Å². The van der Waals surface area contributed by atoms with E-state index >= 15 is 0 Å². The fourth-order valence-electron chi connectivity index (χ4n) is 2.02. The second-order valence-electron chi connectivity index (χ2n) is 4.22. The number of nitrogens with two attached hydrogens (primary N) is 1. The number of rotatable bonds is 7. The maximum Gasteiger partial charge on any atom is 0.0110 e. The van der Waals surface area contributed by atoms with Crippen LogP contribution in [0.3, 0.4) is 0 Å². The highest BCUT2D eigenvalue weighted by Crippen LogP contribution is 2.01. The standard InChI is InChI=1S/C11H26N4/c1-2-6-14-8-10-15(11-9-14)7-5-13-4-3-12/h13H,2-12H2,1H3. The third kappa shape index (κ3) is 5.47. The molecule has 1 aliphatic rings. The molecule has 90 valence electrons. The summed E-state index contributed by atoms with van der Waals surface area (Å²) in [5.74, 6) is 0. The highest BCUT2D eigenvalue weighted by molar-refractivity contribution is 4.71. The predicted octanol–water partition coefficient (Wildman–Crippen LogP) is -0.438. The van der Waals surface area contributed by atoms with E-state index in [-0.39, 0.29) is 0 Å². The van der Waals surface area contributed by atoms with E-state index in [1.165, 1.54) is 45.7 Å². The van der Waals surface area contributed by atoms with Crippen LogP contribution in [0.15, 0.2) is 0 Å². The van der Waals surface area contributed by atoms with Crippen molar-refractivity contribution >= 4 is 0 Å². The normalized spacial score (nSPS) is 19.6. The Labute approximate surface area is 93.8 Å². The number of nitrogens with zero attached hydrogens (tertiary/aromatic N) is 2. The zero-order valence-electron chi connectivity index (χ0n) is 10.0. The molecular formula is C11H26N4. The van der Waals surface area contributed by atoms with E-state index in [1.807, 2.05) is 0 Å². The van der Waals surface area contributed by atoms with Crippen molar-refractivity contribution in [2.24, 2.45) is 5.73 Å². The Morgan fingerprint density at radius 2 is 1.60 bits per heavy atom. The smallest absolute Gasteiger partial charge is 0.0110 e. The molecule has 15 heavy (non-hydrogen) atoms. The lowest BCUT2D eigenvalue weighted by molar-refractivity contribution is 0.133. The molecule has 0 saturated carbocycles. The molecule has 0 amide bonds. The molecule has 0 aromatic carbocycles. The summed E-state index contributed by atoms with van der Waals surface area (Å²) in [5, 5.41) is 3.34. The Morgan fingerprint density at radius 3 is 2.13 bits per heavy atom. The largest absolute Gasteiger partial charge is 0.329 e. The van der Waals surface area contributed by atoms with Crippen molar-refractivity contribution in [3.63, 3.8) is 0 Å². The summed E-state index contributed by atoms with van der Waals surface area (Å²) in [6.07, 6.45) is 1.28. The van der Waals surface area contributed by atoms with Gasteiger partial charge in [0.05, 0.1) is 0 Å². The third-order valence-electron chi connectivity index (χ3n) is 2.93. The minimum absolute atomic E-state index is 0.740. The molecule has 1 aliphatic heterocycles. The SMILES string of the molecule is CCCN1CCN(CCNCCN)CC1. The molecule has 4 heteroatoms. The fourth-order valence-corrected chi connectivity index (χ4v) is 2.02. The molecule has 1 saturated heterocycles. The van der Waals surface area contributed by atoms with Crippen molar-refractivity contribution in [1.82, 2.24) is 15.1 Å². The minimum Gasteiger partial charge on any atom is -0.329 e. The molecule has 0 spiro atoms. The molecule has 0 aromatic rings. The van der Waals surface area contributed by atoms with Gasteiger partial charge >= 0.3 is 0 Å². The van der Waals surface area contributed by atoms with Crippen LogP contribution >= 0.6 is 0 Å². The second kappa shape index (κ2) is 8.05. The molecule has 4 nitrogen and oxygen atoms in total. The summed E-state index contributed by atoms with van der Waals surface area (Å²) in [6.45, 7) is 12.4. The zero-order chi connectivity index (χ0) is 10.9. The van der Waals surface area contributed by atoms with Crippen LogP contribution < -0.4 is 11.1 Å². The van der Waals surface area contributed by atoms with Crippen LogP contribution in [-0.2, 0) is 0 Å². The highest BCUT2D eigenvalue weighted by atomic mass is 15.3. The summed E-state index contributed by atoms with van der Waals surface area (Å²) in [6, 6.07) is 0. The highest BCUT2D eigenvalue weighted by Gasteiger charge is 2.14. The molecule has 1 heterocycles. The molecular weight excluding hydrogens is 188 g/mol. The lowest BCUT2D eigenvalue weighted by Gasteiger charge is -2.34. The molecule has 1 fully saturated rings. The molecule has 3 N–H and O–H groups in total.